The number of nitrogens with one attached hydrogen (secondary N) is 1. The van der Waals surface area contributed by atoms with Crippen LogP contribution in [0.15, 0.2) is 6.33 Å². The molecule has 1 aliphatic heterocycles. The third-order valence-corrected chi connectivity index (χ3v) is 3.03. The maximum absolute atomic E-state index is 12.1. The van der Waals surface area contributed by atoms with Crippen molar-refractivity contribution in [1.82, 2.24) is 20.1 Å². The number of aryl methyl sites for hydroxylation is 1. The Morgan fingerprint density at radius 2 is 2.47 bits per heavy atom. The Balaban J connectivity index is 2.17. The highest BCUT2D eigenvalue weighted by molar-refractivity contribution is 5.95. The van der Waals surface area contributed by atoms with Gasteiger partial charge in [0, 0.05) is 19.0 Å². The molecule has 0 bridgehead atoms. The third-order valence-electron chi connectivity index (χ3n) is 3.03. The summed E-state index contributed by atoms with van der Waals surface area (Å²) in [5.41, 5.74) is 0. The molecular formula is C10H16N4O. The zero-order valence-electron chi connectivity index (χ0n) is 9.10. The van der Waals surface area contributed by atoms with E-state index in [4.69, 9.17) is 0 Å². The van der Waals surface area contributed by atoms with E-state index in [0.29, 0.717) is 5.82 Å². The molecule has 0 amide bonds. The first-order valence-corrected chi connectivity index (χ1v) is 5.31. The van der Waals surface area contributed by atoms with Crippen molar-refractivity contribution in [3.8, 4) is 0 Å². The first-order chi connectivity index (χ1) is 7.20. The van der Waals surface area contributed by atoms with Crippen molar-refractivity contribution in [3.63, 3.8) is 0 Å². The van der Waals surface area contributed by atoms with Crippen LogP contribution in [0.5, 0.6) is 0 Å². The lowest BCUT2D eigenvalue weighted by molar-refractivity contribution is 0.0852. The first kappa shape index (κ1) is 10.3. The van der Waals surface area contributed by atoms with Crippen LogP contribution in [0.1, 0.15) is 30.4 Å². The summed E-state index contributed by atoms with van der Waals surface area (Å²) < 4.78 is 1.68. The summed E-state index contributed by atoms with van der Waals surface area (Å²) in [6.45, 7) is 3.06. The summed E-state index contributed by atoms with van der Waals surface area (Å²) >= 11 is 0. The lowest BCUT2D eigenvalue weighted by atomic mass is 9.88. The maximum atomic E-state index is 12.1. The molecule has 1 fully saturated rings. The van der Waals surface area contributed by atoms with E-state index in [0.717, 1.165) is 19.4 Å². The van der Waals surface area contributed by atoms with Crippen molar-refractivity contribution in [2.24, 2.45) is 13.0 Å². The molecule has 1 aromatic rings. The number of carbonyl (C=O) groups is 1. The number of rotatable bonds is 2. The molecule has 2 atom stereocenters. The van der Waals surface area contributed by atoms with Gasteiger partial charge in [-0.05, 0) is 26.3 Å². The Kier molecular flexibility index (Phi) is 2.81. The minimum Gasteiger partial charge on any atom is -0.314 e. The second-order valence-corrected chi connectivity index (χ2v) is 4.12. The highest BCUT2D eigenvalue weighted by atomic mass is 16.1. The van der Waals surface area contributed by atoms with Gasteiger partial charge in [-0.1, -0.05) is 0 Å². The second kappa shape index (κ2) is 4.10. The molecule has 0 radical (unpaired) electrons. The molecule has 2 heterocycles. The Morgan fingerprint density at radius 3 is 3.07 bits per heavy atom. The van der Waals surface area contributed by atoms with Gasteiger partial charge in [0.1, 0.15) is 6.33 Å². The van der Waals surface area contributed by atoms with Crippen LogP contribution in [0.3, 0.4) is 0 Å². The van der Waals surface area contributed by atoms with Gasteiger partial charge < -0.3 is 9.88 Å². The normalized spacial score (nSPS) is 26.5. The van der Waals surface area contributed by atoms with Crippen LogP contribution in [0, 0.1) is 5.92 Å². The Bertz CT molecular complexity index is 360. The van der Waals surface area contributed by atoms with Gasteiger partial charge >= 0.3 is 0 Å². The standard InChI is InChI=1S/C10H16N4O/c1-7-8(4-3-5-11-7)9(15)10-13-12-6-14(10)2/h6-8,11H,3-5H2,1-2H3. The van der Waals surface area contributed by atoms with E-state index in [1.54, 1.807) is 17.9 Å². The summed E-state index contributed by atoms with van der Waals surface area (Å²) in [4.78, 5) is 12.1. The van der Waals surface area contributed by atoms with E-state index in [-0.39, 0.29) is 17.7 Å². The number of nitrogens with zero attached hydrogens (tertiary/aromatic N) is 3. The molecule has 1 aliphatic rings. The maximum Gasteiger partial charge on any atom is 0.204 e. The first-order valence-electron chi connectivity index (χ1n) is 5.31. The van der Waals surface area contributed by atoms with Crippen molar-refractivity contribution in [2.75, 3.05) is 6.54 Å². The molecule has 1 N–H and O–H groups in total. The molecule has 0 saturated carbocycles. The number of hydrogen-bond donors (Lipinski definition) is 1. The van der Waals surface area contributed by atoms with Crippen LogP contribution < -0.4 is 5.32 Å². The van der Waals surface area contributed by atoms with E-state index in [1.165, 1.54) is 0 Å². The largest absolute Gasteiger partial charge is 0.314 e. The summed E-state index contributed by atoms with van der Waals surface area (Å²) in [5, 5.41) is 10.9. The van der Waals surface area contributed by atoms with Crippen LogP contribution in [0.25, 0.3) is 0 Å². The Morgan fingerprint density at radius 1 is 1.67 bits per heavy atom. The van der Waals surface area contributed by atoms with Gasteiger partial charge in [-0.15, -0.1) is 10.2 Å². The molecule has 1 aromatic heterocycles. The summed E-state index contributed by atoms with van der Waals surface area (Å²) in [5.74, 6) is 0.618. The van der Waals surface area contributed by atoms with E-state index in [1.807, 2.05) is 0 Å². The third kappa shape index (κ3) is 1.92. The highest BCUT2D eigenvalue weighted by Crippen LogP contribution is 2.19. The minimum absolute atomic E-state index is 0.0432. The minimum atomic E-state index is 0.0432. The van der Waals surface area contributed by atoms with Crippen molar-refractivity contribution in [3.05, 3.63) is 12.2 Å². The van der Waals surface area contributed by atoms with Gasteiger partial charge in [0.15, 0.2) is 5.82 Å². The molecule has 5 heteroatoms. The zero-order valence-corrected chi connectivity index (χ0v) is 9.10. The van der Waals surface area contributed by atoms with Crippen molar-refractivity contribution < 1.29 is 4.79 Å². The van der Waals surface area contributed by atoms with Crippen LogP contribution in [-0.4, -0.2) is 33.1 Å². The predicted octanol–water partition coefficient (Wildman–Crippen LogP) is 0.386. The van der Waals surface area contributed by atoms with Crippen LogP contribution >= 0.6 is 0 Å². The number of Topliss-reactive ketones (excluding diaryl/α,β-unsaturated/α-hetero) is 1. The quantitative estimate of drug-likeness (QED) is 0.714. The molecule has 0 spiro atoms. The zero-order chi connectivity index (χ0) is 10.8. The fourth-order valence-corrected chi connectivity index (χ4v) is 2.07. The number of aromatic nitrogens is 3. The van der Waals surface area contributed by atoms with E-state index < -0.39 is 0 Å². The summed E-state index contributed by atoms with van der Waals surface area (Å²) in [7, 11) is 1.80. The highest BCUT2D eigenvalue weighted by Gasteiger charge is 2.30. The van der Waals surface area contributed by atoms with Crippen molar-refractivity contribution >= 4 is 5.78 Å². The van der Waals surface area contributed by atoms with E-state index in [2.05, 4.69) is 22.4 Å². The van der Waals surface area contributed by atoms with Gasteiger partial charge in [0.25, 0.3) is 0 Å². The molecule has 5 nitrogen and oxygen atoms in total. The molecule has 15 heavy (non-hydrogen) atoms. The molecule has 2 unspecified atom stereocenters. The molecule has 1 saturated heterocycles. The number of hydrogen-bond acceptors (Lipinski definition) is 4. The van der Waals surface area contributed by atoms with Crippen LogP contribution in [0.4, 0.5) is 0 Å². The summed E-state index contributed by atoms with van der Waals surface area (Å²) in [6, 6.07) is 0.239. The molecule has 2 rings (SSSR count). The van der Waals surface area contributed by atoms with Gasteiger partial charge in [-0.3, -0.25) is 4.79 Å². The van der Waals surface area contributed by atoms with E-state index >= 15 is 0 Å². The monoisotopic (exact) mass is 208 g/mol. The fraction of sp³-hybridized carbons (Fsp3) is 0.700. The Labute approximate surface area is 88.9 Å². The van der Waals surface area contributed by atoms with Crippen LogP contribution in [-0.2, 0) is 7.05 Å². The molecular weight excluding hydrogens is 192 g/mol. The molecule has 82 valence electrons. The van der Waals surface area contributed by atoms with Crippen LogP contribution in [0.2, 0.25) is 0 Å². The average molecular weight is 208 g/mol. The van der Waals surface area contributed by atoms with Gasteiger partial charge in [-0.2, -0.15) is 0 Å². The smallest absolute Gasteiger partial charge is 0.204 e. The van der Waals surface area contributed by atoms with Gasteiger partial charge in [-0.25, -0.2) is 0 Å². The lowest BCUT2D eigenvalue weighted by Crippen LogP contribution is -2.43. The van der Waals surface area contributed by atoms with E-state index in [9.17, 15) is 4.79 Å². The van der Waals surface area contributed by atoms with Gasteiger partial charge in [0.2, 0.25) is 5.78 Å². The fourth-order valence-electron chi connectivity index (χ4n) is 2.07. The number of piperidine rings is 1. The van der Waals surface area contributed by atoms with Crippen molar-refractivity contribution in [2.45, 2.75) is 25.8 Å². The van der Waals surface area contributed by atoms with Crippen molar-refractivity contribution in [1.29, 1.82) is 0 Å². The number of carbonyl (C=O) groups excluding carboxylic acids is 1. The molecule has 0 aliphatic carbocycles. The molecule has 0 aromatic carbocycles. The summed E-state index contributed by atoms with van der Waals surface area (Å²) in [6.07, 6.45) is 3.56. The number of ketones is 1. The predicted molar refractivity (Wildman–Crippen MR) is 55.5 cm³/mol. The Hall–Kier alpha value is -1.23. The second-order valence-electron chi connectivity index (χ2n) is 4.12. The SMILES string of the molecule is CC1NCCCC1C(=O)c1nncn1C. The topological polar surface area (TPSA) is 59.8 Å². The van der Waals surface area contributed by atoms with Gasteiger partial charge in [0.05, 0.1) is 0 Å². The lowest BCUT2D eigenvalue weighted by Gasteiger charge is -2.28. The average Bonchev–Trinajstić information content (AvgIpc) is 2.64.